The van der Waals surface area contributed by atoms with Gasteiger partial charge in [-0.2, -0.15) is 12.7 Å². The zero-order valence-corrected chi connectivity index (χ0v) is 23.3. The summed E-state index contributed by atoms with van der Waals surface area (Å²) >= 11 is 6.07. The SMILES string of the molecule is CCNC(=O)[C@H](Cc1ccccc1)N(Cc1ccc(Cl)cc1)C(=O)CN(c1ccccc1)S(=O)(=O)N(C)C. The van der Waals surface area contributed by atoms with Crippen molar-refractivity contribution in [2.24, 2.45) is 0 Å². The molecule has 3 rings (SSSR count). The monoisotopic (exact) mass is 556 g/mol. The number of nitrogens with one attached hydrogen (secondary N) is 1. The van der Waals surface area contributed by atoms with E-state index in [4.69, 9.17) is 11.6 Å². The maximum Gasteiger partial charge on any atom is 0.304 e. The Hall–Kier alpha value is -3.40. The molecule has 1 N–H and O–H groups in total. The number of amides is 2. The molecule has 0 aromatic heterocycles. The number of carbonyl (C=O) groups excluding carboxylic acids is 2. The van der Waals surface area contributed by atoms with Crippen LogP contribution in [0.5, 0.6) is 0 Å². The van der Waals surface area contributed by atoms with Crippen molar-refractivity contribution in [3.63, 3.8) is 0 Å². The Bertz CT molecular complexity index is 1300. The van der Waals surface area contributed by atoms with Crippen LogP contribution < -0.4 is 9.62 Å². The molecule has 0 heterocycles. The zero-order chi connectivity index (χ0) is 27.7. The molecule has 0 unspecified atom stereocenters. The minimum atomic E-state index is -4.01. The summed E-state index contributed by atoms with van der Waals surface area (Å²) in [5, 5.41) is 3.38. The molecule has 0 saturated carbocycles. The van der Waals surface area contributed by atoms with Gasteiger partial charge in [0.2, 0.25) is 11.8 Å². The summed E-state index contributed by atoms with van der Waals surface area (Å²) in [6, 6.07) is 24.0. The lowest BCUT2D eigenvalue weighted by molar-refractivity contribution is -0.140. The molecule has 0 bridgehead atoms. The molecule has 38 heavy (non-hydrogen) atoms. The second-order valence-electron chi connectivity index (χ2n) is 8.88. The van der Waals surface area contributed by atoms with E-state index < -0.39 is 28.7 Å². The maximum absolute atomic E-state index is 14.0. The number of rotatable bonds is 12. The summed E-state index contributed by atoms with van der Waals surface area (Å²) in [5.74, 6) is -0.832. The Balaban J connectivity index is 2.05. The van der Waals surface area contributed by atoms with E-state index in [9.17, 15) is 18.0 Å². The van der Waals surface area contributed by atoms with E-state index in [0.29, 0.717) is 17.3 Å². The van der Waals surface area contributed by atoms with E-state index in [-0.39, 0.29) is 18.9 Å². The number of para-hydroxylation sites is 1. The van der Waals surface area contributed by atoms with E-state index in [2.05, 4.69) is 5.32 Å². The Labute approximate surface area is 230 Å². The average Bonchev–Trinajstić information content (AvgIpc) is 2.91. The first kappa shape index (κ1) is 29.2. The first-order valence-corrected chi connectivity index (χ1v) is 14.0. The van der Waals surface area contributed by atoms with Crippen LogP contribution in [0.1, 0.15) is 18.1 Å². The number of hydrogen-bond acceptors (Lipinski definition) is 4. The van der Waals surface area contributed by atoms with Crippen LogP contribution in [0.4, 0.5) is 5.69 Å². The van der Waals surface area contributed by atoms with Gasteiger partial charge in [-0.1, -0.05) is 72.3 Å². The van der Waals surface area contributed by atoms with Crippen molar-refractivity contribution >= 4 is 39.3 Å². The lowest BCUT2D eigenvalue weighted by Crippen LogP contribution is -2.54. The summed E-state index contributed by atoms with van der Waals surface area (Å²) in [5.41, 5.74) is 1.98. The molecule has 8 nitrogen and oxygen atoms in total. The van der Waals surface area contributed by atoms with Crippen molar-refractivity contribution in [2.75, 3.05) is 31.5 Å². The predicted octanol–water partition coefficient (Wildman–Crippen LogP) is 3.73. The van der Waals surface area contributed by atoms with Crippen molar-refractivity contribution < 1.29 is 18.0 Å². The number of benzene rings is 3. The lowest BCUT2D eigenvalue weighted by atomic mass is 10.0. The Morgan fingerprint density at radius 2 is 1.45 bits per heavy atom. The molecular weight excluding hydrogens is 524 g/mol. The molecule has 0 saturated heterocycles. The van der Waals surface area contributed by atoms with E-state index >= 15 is 0 Å². The molecular formula is C28H33ClN4O4S. The van der Waals surface area contributed by atoms with E-state index in [0.717, 1.165) is 19.7 Å². The van der Waals surface area contributed by atoms with Crippen molar-refractivity contribution in [2.45, 2.75) is 25.9 Å². The van der Waals surface area contributed by atoms with E-state index in [1.165, 1.54) is 19.0 Å². The molecule has 10 heteroatoms. The summed E-state index contributed by atoms with van der Waals surface area (Å²) < 4.78 is 28.7. The number of nitrogens with zero attached hydrogens (tertiary/aromatic N) is 3. The normalized spacial score (nSPS) is 12.1. The minimum Gasteiger partial charge on any atom is -0.355 e. The molecule has 0 radical (unpaired) electrons. The quantitative estimate of drug-likeness (QED) is 0.368. The molecule has 2 amide bonds. The Kier molecular flexibility index (Phi) is 10.3. The van der Waals surface area contributed by atoms with Crippen LogP contribution >= 0.6 is 11.6 Å². The summed E-state index contributed by atoms with van der Waals surface area (Å²) in [6.07, 6.45) is 0.262. The number of carbonyl (C=O) groups is 2. The zero-order valence-electron chi connectivity index (χ0n) is 21.7. The van der Waals surface area contributed by atoms with E-state index in [1.54, 1.807) is 54.6 Å². The van der Waals surface area contributed by atoms with Gasteiger partial charge in [0.15, 0.2) is 0 Å². The second-order valence-corrected chi connectivity index (χ2v) is 11.4. The van der Waals surface area contributed by atoms with Crippen LogP contribution in [-0.4, -0.2) is 62.7 Å². The Morgan fingerprint density at radius 3 is 2.00 bits per heavy atom. The van der Waals surface area contributed by atoms with Gasteiger partial charge in [0.1, 0.15) is 12.6 Å². The van der Waals surface area contributed by atoms with Gasteiger partial charge in [-0.25, -0.2) is 4.31 Å². The summed E-state index contributed by atoms with van der Waals surface area (Å²) in [4.78, 5) is 28.8. The van der Waals surface area contributed by atoms with Gasteiger partial charge in [0.25, 0.3) is 0 Å². The highest BCUT2D eigenvalue weighted by Crippen LogP contribution is 2.22. The van der Waals surface area contributed by atoms with E-state index in [1.807, 2.05) is 37.3 Å². The number of halogens is 1. The van der Waals surface area contributed by atoms with Crippen molar-refractivity contribution in [1.82, 2.24) is 14.5 Å². The summed E-state index contributed by atoms with van der Waals surface area (Å²) in [7, 11) is -1.19. The van der Waals surface area contributed by atoms with Crippen LogP contribution in [-0.2, 0) is 32.8 Å². The number of anilines is 1. The molecule has 3 aromatic rings. The first-order chi connectivity index (χ1) is 18.1. The van der Waals surface area contributed by atoms with Gasteiger partial charge in [0, 0.05) is 38.6 Å². The van der Waals surface area contributed by atoms with Gasteiger partial charge in [-0.3, -0.25) is 9.59 Å². The Morgan fingerprint density at radius 1 is 0.868 bits per heavy atom. The van der Waals surface area contributed by atoms with Crippen molar-refractivity contribution in [3.05, 3.63) is 101 Å². The van der Waals surface area contributed by atoms with Crippen molar-refractivity contribution in [3.8, 4) is 0 Å². The minimum absolute atomic E-state index is 0.0925. The average molecular weight is 557 g/mol. The molecule has 0 aliphatic carbocycles. The third-order valence-corrected chi connectivity index (χ3v) is 8.02. The topological polar surface area (TPSA) is 90.0 Å². The van der Waals surface area contributed by atoms with Gasteiger partial charge < -0.3 is 10.2 Å². The number of likely N-dealkylation sites (N-methyl/N-ethyl adjacent to an activating group) is 1. The molecule has 1 atom stereocenters. The van der Waals surface area contributed by atoms with Crippen LogP contribution in [0.25, 0.3) is 0 Å². The predicted molar refractivity (Wildman–Crippen MR) is 151 cm³/mol. The lowest BCUT2D eigenvalue weighted by Gasteiger charge is -2.34. The molecule has 0 spiro atoms. The standard InChI is InChI=1S/C28H33ClN4O4S/c1-4-30-28(35)26(19-22-11-7-5-8-12-22)32(20-23-15-17-24(29)18-16-23)27(34)21-33(38(36,37)31(2)3)25-13-9-6-10-14-25/h5-18,26H,4,19-21H2,1-3H3,(H,30,35)/t26-/m0/s1. The highest BCUT2D eigenvalue weighted by molar-refractivity contribution is 7.90. The maximum atomic E-state index is 14.0. The smallest absolute Gasteiger partial charge is 0.304 e. The highest BCUT2D eigenvalue weighted by atomic mass is 35.5. The van der Waals surface area contributed by atoms with Gasteiger partial charge in [-0.05, 0) is 42.3 Å². The van der Waals surface area contributed by atoms with Crippen LogP contribution in [0.3, 0.4) is 0 Å². The molecule has 0 aliphatic rings. The molecule has 3 aromatic carbocycles. The summed E-state index contributed by atoms with van der Waals surface area (Å²) in [6.45, 7) is 1.81. The molecule has 202 valence electrons. The first-order valence-electron chi connectivity index (χ1n) is 12.2. The molecule has 0 aliphatic heterocycles. The van der Waals surface area contributed by atoms with Crippen LogP contribution in [0, 0.1) is 0 Å². The van der Waals surface area contributed by atoms with Crippen molar-refractivity contribution in [1.29, 1.82) is 0 Å². The third-order valence-electron chi connectivity index (χ3n) is 5.95. The molecule has 0 fully saturated rings. The van der Waals surface area contributed by atoms with Crippen LogP contribution in [0.2, 0.25) is 5.02 Å². The highest BCUT2D eigenvalue weighted by Gasteiger charge is 2.34. The fraction of sp³-hybridized carbons (Fsp3) is 0.286. The third kappa shape index (κ3) is 7.56. The number of hydrogen-bond donors (Lipinski definition) is 1. The fourth-order valence-corrected chi connectivity index (χ4v) is 5.13. The fourth-order valence-electron chi connectivity index (χ4n) is 3.94. The largest absolute Gasteiger partial charge is 0.355 e. The van der Waals surface area contributed by atoms with Gasteiger partial charge in [-0.15, -0.1) is 0 Å². The van der Waals surface area contributed by atoms with Crippen LogP contribution in [0.15, 0.2) is 84.9 Å². The second kappa shape index (κ2) is 13.4. The van der Waals surface area contributed by atoms with Gasteiger partial charge in [0.05, 0.1) is 5.69 Å². The van der Waals surface area contributed by atoms with Gasteiger partial charge >= 0.3 is 10.2 Å².